The summed E-state index contributed by atoms with van der Waals surface area (Å²) in [7, 11) is 0. The first-order chi connectivity index (χ1) is 13.8. The van der Waals surface area contributed by atoms with Crippen LogP contribution in [0.2, 0.25) is 10.0 Å². The number of phenols is 1. The molecular weight excluding hydrogens is 490 g/mol. The van der Waals surface area contributed by atoms with E-state index >= 15 is 0 Å². The van der Waals surface area contributed by atoms with E-state index in [0.29, 0.717) is 10.0 Å². The van der Waals surface area contributed by atoms with Crippen LogP contribution in [-0.4, -0.2) is 27.7 Å². The Morgan fingerprint density at radius 1 is 1.21 bits per heavy atom. The number of anilines is 1. The van der Waals surface area contributed by atoms with Crippen molar-refractivity contribution in [3.63, 3.8) is 0 Å². The molecule has 1 aromatic heterocycles. The highest BCUT2D eigenvalue weighted by atomic mass is 79.9. The third-order valence-corrected chi connectivity index (χ3v) is 5.03. The maximum atomic E-state index is 14.1. The number of phenolic OH excluding ortho intramolecular Hbond substituents is 1. The zero-order chi connectivity index (χ0) is 21.1. The van der Waals surface area contributed by atoms with Crippen LogP contribution in [0.3, 0.4) is 0 Å². The van der Waals surface area contributed by atoms with Crippen LogP contribution in [0, 0.1) is 5.95 Å². The molecule has 0 aliphatic heterocycles. The lowest BCUT2D eigenvalue weighted by atomic mass is 10.0. The summed E-state index contributed by atoms with van der Waals surface area (Å²) < 4.78 is 20.1. The summed E-state index contributed by atoms with van der Waals surface area (Å²) in [6.45, 7) is -0.532. The summed E-state index contributed by atoms with van der Waals surface area (Å²) in [5, 5.41) is 20.9. The molecule has 1 heterocycles. The van der Waals surface area contributed by atoms with Gasteiger partial charge in [0.15, 0.2) is 11.6 Å². The highest BCUT2D eigenvalue weighted by Crippen LogP contribution is 2.44. The van der Waals surface area contributed by atoms with Crippen molar-refractivity contribution >= 4 is 50.9 Å². The number of aromatic hydroxyl groups is 1. The van der Waals surface area contributed by atoms with Crippen LogP contribution < -0.4 is 10.1 Å². The Morgan fingerprint density at radius 3 is 2.55 bits per heavy atom. The van der Waals surface area contributed by atoms with Gasteiger partial charge in [-0.05, 0) is 33.6 Å². The quantitative estimate of drug-likeness (QED) is 0.361. The van der Waals surface area contributed by atoms with Gasteiger partial charge in [-0.25, -0.2) is 0 Å². The first kappa shape index (κ1) is 21.2. The summed E-state index contributed by atoms with van der Waals surface area (Å²) in [6, 6.07) is 12.0. The van der Waals surface area contributed by atoms with Gasteiger partial charge in [0.05, 0.1) is 4.47 Å². The maximum Gasteiger partial charge on any atom is 0.322 e. The summed E-state index contributed by atoms with van der Waals surface area (Å²) in [4.78, 5) is 14.2. The molecule has 0 spiro atoms. The molecule has 150 valence electrons. The Balaban J connectivity index is 2.04. The molecule has 0 atom stereocenters. The van der Waals surface area contributed by atoms with Gasteiger partial charge in [0.1, 0.15) is 28.1 Å². The van der Waals surface area contributed by atoms with Gasteiger partial charge in [-0.3, -0.25) is 4.79 Å². The average molecular weight is 502 g/mol. The number of aliphatic carboxylic acids is 1. The van der Waals surface area contributed by atoms with Crippen LogP contribution in [0.25, 0.3) is 11.1 Å². The Bertz CT molecular complexity index is 1080. The van der Waals surface area contributed by atoms with Gasteiger partial charge >= 0.3 is 5.97 Å². The van der Waals surface area contributed by atoms with Crippen molar-refractivity contribution in [2.45, 2.75) is 0 Å². The second-order valence-corrected chi connectivity index (χ2v) is 7.34. The number of ether oxygens (including phenoxy) is 1. The monoisotopic (exact) mass is 500 g/mol. The second kappa shape index (κ2) is 8.86. The molecule has 0 saturated heterocycles. The summed E-state index contributed by atoms with van der Waals surface area (Å²) in [5.41, 5.74) is 1.18. The third-order valence-electron chi connectivity index (χ3n) is 3.75. The molecule has 3 aromatic rings. The molecule has 0 unspecified atom stereocenters. The summed E-state index contributed by atoms with van der Waals surface area (Å²) >= 11 is 15.4. The average Bonchev–Trinajstić information content (AvgIpc) is 2.70. The van der Waals surface area contributed by atoms with Crippen LogP contribution in [0.15, 0.2) is 46.9 Å². The minimum Gasteiger partial charge on any atom is -0.506 e. The fourth-order valence-corrected chi connectivity index (χ4v) is 3.35. The number of hydrogen-bond acceptors (Lipinski definition) is 5. The summed E-state index contributed by atoms with van der Waals surface area (Å²) in [5.74, 6) is -2.55. The number of pyridine rings is 1. The van der Waals surface area contributed by atoms with Crippen molar-refractivity contribution < 1.29 is 24.1 Å². The lowest BCUT2D eigenvalue weighted by Gasteiger charge is -2.15. The van der Waals surface area contributed by atoms with Gasteiger partial charge in [-0.15, -0.1) is 0 Å². The molecule has 0 fully saturated rings. The van der Waals surface area contributed by atoms with Crippen molar-refractivity contribution in [1.82, 2.24) is 4.98 Å². The van der Waals surface area contributed by atoms with Crippen molar-refractivity contribution in [3.05, 3.63) is 62.9 Å². The number of carboxylic acids is 1. The van der Waals surface area contributed by atoms with Crippen LogP contribution in [0.4, 0.5) is 10.2 Å². The van der Waals surface area contributed by atoms with Crippen LogP contribution in [0.5, 0.6) is 17.2 Å². The number of halogens is 4. The number of carbonyl (C=O) groups is 1. The minimum atomic E-state index is -1.18. The van der Waals surface area contributed by atoms with Gasteiger partial charge < -0.3 is 20.3 Å². The molecular formula is C19H12BrCl2FN2O4. The first-order valence-corrected chi connectivity index (χ1v) is 9.58. The highest BCUT2D eigenvalue weighted by Gasteiger charge is 2.21. The Kier molecular flexibility index (Phi) is 6.46. The largest absolute Gasteiger partial charge is 0.506 e. The molecule has 0 bridgehead atoms. The SMILES string of the molecule is O=C(O)CNc1nc(F)c(Cl)c(Oc2cc(Br)c(O)c(-c3ccccc3)c2)c1Cl. The maximum absolute atomic E-state index is 14.1. The normalized spacial score (nSPS) is 10.6. The van der Waals surface area contributed by atoms with E-state index in [-0.39, 0.29) is 28.1 Å². The van der Waals surface area contributed by atoms with Crippen LogP contribution in [0.1, 0.15) is 0 Å². The number of aromatic nitrogens is 1. The zero-order valence-corrected chi connectivity index (χ0v) is 17.5. The lowest BCUT2D eigenvalue weighted by Crippen LogP contribution is -2.14. The van der Waals surface area contributed by atoms with Gasteiger partial charge in [0.2, 0.25) is 5.95 Å². The third kappa shape index (κ3) is 4.72. The Labute approximate surface area is 183 Å². The molecule has 0 saturated carbocycles. The fraction of sp³-hybridized carbons (Fsp3) is 0.0526. The molecule has 3 rings (SSSR count). The molecule has 0 amide bonds. The van der Waals surface area contributed by atoms with E-state index in [4.69, 9.17) is 33.0 Å². The molecule has 29 heavy (non-hydrogen) atoms. The lowest BCUT2D eigenvalue weighted by molar-refractivity contribution is -0.134. The predicted molar refractivity (Wildman–Crippen MR) is 112 cm³/mol. The number of benzene rings is 2. The van der Waals surface area contributed by atoms with E-state index in [1.807, 2.05) is 18.2 Å². The minimum absolute atomic E-state index is 0.00883. The van der Waals surface area contributed by atoms with Crippen LogP contribution in [-0.2, 0) is 4.79 Å². The van der Waals surface area contributed by atoms with Crippen molar-refractivity contribution in [3.8, 4) is 28.4 Å². The van der Waals surface area contributed by atoms with Gasteiger partial charge in [-0.2, -0.15) is 9.37 Å². The van der Waals surface area contributed by atoms with E-state index in [1.165, 1.54) is 12.1 Å². The van der Waals surface area contributed by atoms with E-state index in [9.17, 15) is 14.3 Å². The predicted octanol–water partition coefficient (Wildman–Crippen LogP) is 5.95. The van der Waals surface area contributed by atoms with E-state index in [2.05, 4.69) is 26.2 Å². The molecule has 0 aliphatic carbocycles. The zero-order valence-electron chi connectivity index (χ0n) is 14.4. The number of rotatable bonds is 6. The number of nitrogens with zero attached hydrogens (tertiary/aromatic N) is 1. The molecule has 6 nitrogen and oxygen atoms in total. The Morgan fingerprint density at radius 2 is 1.90 bits per heavy atom. The van der Waals surface area contributed by atoms with E-state index < -0.39 is 23.5 Å². The van der Waals surface area contributed by atoms with Crippen LogP contribution >= 0.6 is 39.1 Å². The number of nitrogens with one attached hydrogen (secondary N) is 1. The molecule has 0 radical (unpaired) electrons. The second-order valence-electron chi connectivity index (χ2n) is 5.72. The van der Waals surface area contributed by atoms with Gasteiger partial charge in [0.25, 0.3) is 0 Å². The fourth-order valence-electron chi connectivity index (χ4n) is 2.45. The Hall–Kier alpha value is -2.55. The smallest absolute Gasteiger partial charge is 0.322 e. The van der Waals surface area contributed by atoms with Gasteiger partial charge in [-0.1, -0.05) is 53.5 Å². The number of hydrogen-bond donors (Lipinski definition) is 3. The van der Waals surface area contributed by atoms with Crippen molar-refractivity contribution in [2.75, 3.05) is 11.9 Å². The van der Waals surface area contributed by atoms with Crippen molar-refractivity contribution in [2.24, 2.45) is 0 Å². The summed E-state index contributed by atoms with van der Waals surface area (Å²) in [6.07, 6.45) is 0. The molecule has 2 aromatic carbocycles. The van der Waals surface area contributed by atoms with E-state index in [1.54, 1.807) is 12.1 Å². The first-order valence-electron chi connectivity index (χ1n) is 8.04. The standard InChI is InChI=1S/C19H12BrCl2FN2O4/c20-12-7-10(6-11(16(12)28)9-4-2-1-3-5-9)29-17-14(21)18(23)25-19(15(17)22)24-8-13(26)27/h1-7,28H,8H2,(H,24,25)(H,26,27). The van der Waals surface area contributed by atoms with Crippen molar-refractivity contribution in [1.29, 1.82) is 0 Å². The molecule has 0 aliphatic rings. The highest BCUT2D eigenvalue weighted by molar-refractivity contribution is 9.10. The molecule has 3 N–H and O–H groups in total. The van der Waals surface area contributed by atoms with E-state index in [0.717, 1.165) is 5.56 Å². The number of carboxylic acid groups (broad SMARTS) is 1. The van der Waals surface area contributed by atoms with Gasteiger partial charge in [0, 0.05) is 5.56 Å². The topological polar surface area (TPSA) is 91.7 Å². The molecule has 10 heteroatoms.